The minimum atomic E-state index is -1.23. The van der Waals surface area contributed by atoms with Gasteiger partial charge >= 0.3 is 0 Å². The molecule has 1 aromatic carbocycles. The molecule has 10 nitrogen and oxygen atoms in total. The number of guanidine groups is 1. The van der Waals surface area contributed by atoms with Crippen LogP contribution in [0.4, 0.5) is 0 Å². The average Bonchev–Trinajstić information content (AvgIpc) is 3.47. The van der Waals surface area contributed by atoms with Gasteiger partial charge in [0.2, 0.25) is 17.7 Å². The molecule has 1 aliphatic heterocycles. The summed E-state index contributed by atoms with van der Waals surface area (Å²) in [5, 5.41) is 16.0. The van der Waals surface area contributed by atoms with Gasteiger partial charge in [0, 0.05) is 32.5 Å². The van der Waals surface area contributed by atoms with E-state index in [9.17, 15) is 14.4 Å². The van der Waals surface area contributed by atoms with Crippen molar-refractivity contribution < 1.29 is 19.1 Å². The van der Waals surface area contributed by atoms with Gasteiger partial charge in [-0.25, -0.2) is 0 Å². The molecule has 0 unspecified atom stereocenters. The molecule has 4 saturated carbocycles. The highest BCUT2D eigenvalue weighted by Crippen LogP contribution is 2.61. The van der Waals surface area contributed by atoms with Gasteiger partial charge in [0.05, 0.1) is 7.11 Å². The molecule has 4 aliphatic carbocycles. The number of hydrogen-bond acceptors (Lipinski definition) is 5. The molecule has 1 aromatic rings. The second kappa shape index (κ2) is 13.8. The highest BCUT2D eigenvalue weighted by molar-refractivity contribution is 5.94. The van der Waals surface area contributed by atoms with Gasteiger partial charge in [0.25, 0.3) is 0 Å². The number of hydrogen-bond donors (Lipinski definition) is 5. The van der Waals surface area contributed by atoms with Gasteiger partial charge in [-0.15, -0.1) is 0 Å². The number of benzene rings is 1. The Bertz CT molecular complexity index is 1170. The van der Waals surface area contributed by atoms with Gasteiger partial charge in [0.15, 0.2) is 5.96 Å². The molecule has 2 atom stereocenters. The Morgan fingerprint density at radius 2 is 1.66 bits per heavy atom. The standard InChI is InChI=1S/C34H52N6O4/c1-33(19-23-8-10-27(44-2)11-9-23,31(43)37-13-5-14-38-32(35)36)39-30(42)28-6-4-15-40(28)29(41)7-3-12-34-20-24-16-25(21-34)18-26(17-24)22-34/h8-11,24-26,28H,3-7,12-22H2,1-2H3,(H,37,43)(H,39,42)(H4,35,36,38)/t24?,25?,26?,28-,33-,34?/m0/s1. The van der Waals surface area contributed by atoms with E-state index in [1.165, 1.54) is 38.5 Å². The van der Waals surface area contributed by atoms with Crippen molar-refractivity contribution in [1.29, 1.82) is 5.41 Å². The Morgan fingerprint density at radius 3 is 2.27 bits per heavy atom. The van der Waals surface area contributed by atoms with Crippen LogP contribution in [0.5, 0.6) is 5.75 Å². The number of amides is 3. The molecule has 0 radical (unpaired) electrons. The third-order valence-electron chi connectivity index (χ3n) is 10.7. The van der Waals surface area contributed by atoms with Crippen molar-refractivity contribution in [2.24, 2.45) is 28.9 Å². The molecule has 3 amide bonds. The van der Waals surface area contributed by atoms with Crippen molar-refractivity contribution in [2.45, 2.75) is 102 Å². The van der Waals surface area contributed by atoms with Gasteiger partial charge in [0.1, 0.15) is 17.3 Å². The van der Waals surface area contributed by atoms with Gasteiger partial charge in [-0.2, -0.15) is 0 Å². The summed E-state index contributed by atoms with van der Waals surface area (Å²) in [4.78, 5) is 42.5. The molecule has 10 heteroatoms. The summed E-state index contributed by atoms with van der Waals surface area (Å²) in [5.41, 5.74) is 5.45. The van der Waals surface area contributed by atoms with Gasteiger partial charge < -0.3 is 31.3 Å². The minimum Gasteiger partial charge on any atom is -0.497 e. The summed E-state index contributed by atoms with van der Waals surface area (Å²) in [6.07, 6.45) is 13.1. The van der Waals surface area contributed by atoms with Gasteiger partial charge in [-0.05, 0) is 118 Å². The highest BCUT2D eigenvalue weighted by Gasteiger charge is 2.50. The lowest BCUT2D eigenvalue weighted by molar-refractivity contribution is -0.141. The summed E-state index contributed by atoms with van der Waals surface area (Å²) in [7, 11) is 1.60. The van der Waals surface area contributed by atoms with E-state index in [0.717, 1.165) is 42.6 Å². The molecule has 4 bridgehead atoms. The van der Waals surface area contributed by atoms with Crippen molar-refractivity contribution >= 4 is 23.7 Å². The Balaban J connectivity index is 1.18. The fourth-order valence-electron chi connectivity index (χ4n) is 9.09. The lowest BCUT2D eigenvalue weighted by Gasteiger charge is -2.57. The zero-order valence-corrected chi connectivity index (χ0v) is 26.6. The normalized spacial score (nSPS) is 28.3. The Kier molecular flexibility index (Phi) is 10.1. The van der Waals surface area contributed by atoms with E-state index in [2.05, 4.69) is 16.0 Å². The molecule has 5 fully saturated rings. The molecule has 1 saturated heterocycles. The lowest BCUT2D eigenvalue weighted by atomic mass is 9.48. The van der Waals surface area contributed by atoms with Gasteiger partial charge in [-0.1, -0.05) is 12.1 Å². The summed E-state index contributed by atoms with van der Waals surface area (Å²) in [6, 6.07) is 6.89. The third-order valence-corrected chi connectivity index (χ3v) is 10.7. The number of nitrogens with one attached hydrogen (secondary N) is 4. The molecular weight excluding hydrogens is 556 g/mol. The van der Waals surface area contributed by atoms with E-state index in [1.807, 2.05) is 24.3 Å². The number of methoxy groups -OCH3 is 1. The molecule has 1 heterocycles. The quantitative estimate of drug-likeness (QED) is 0.124. The molecule has 44 heavy (non-hydrogen) atoms. The average molecular weight is 609 g/mol. The van der Waals surface area contributed by atoms with E-state index < -0.39 is 11.6 Å². The number of ether oxygens (including phenoxy) is 1. The zero-order chi connectivity index (χ0) is 31.3. The molecule has 0 spiro atoms. The highest BCUT2D eigenvalue weighted by atomic mass is 16.5. The number of nitrogens with two attached hydrogens (primary N) is 1. The van der Waals surface area contributed by atoms with Crippen LogP contribution in [-0.2, 0) is 20.8 Å². The van der Waals surface area contributed by atoms with E-state index >= 15 is 0 Å². The van der Waals surface area contributed by atoms with Crippen LogP contribution < -0.4 is 26.4 Å². The van der Waals surface area contributed by atoms with E-state index in [4.69, 9.17) is 15.9 Å². The number of rotatable bonds is 14. The molecule has 6 rings (SSSR count). The Hall–Kier alpha value is -3.30. The fraction of sp³-hybridized carbons (Fsp3) is 0.706. The number of likely N-dealkylation sites (tertiary alicyclic amines) is 1. The van der Waals surface area contributed by atoms with Crippen molar-refractivity contribution in [3.8, 4) is 5.75 Å². The maximum Gasteiger partial charge on any atom is 0.245 e. The summed E-state index contributed by atoms with van der Waals surface area (Å²) in [5.74, 6) is 2.81. The second-order valence-electron chi connectivity index (χ2n) is 14.3. The summed E-state index contributed by atoms with van der Waals surface area (Å²) >= 11 is 0. The van der Waals surface area contributed by atoms with Crippen molar-refractivity contribution in [3.05, 3.63) is 29.8 Å². The summed E-state index contributed by atoms with van der Waals surface area (Å²) in [6.45, 7) is 3.15. The lowest BCUT2D eigenvalue weighted by Crippen LogP contribution is -2.61. The number of carbonyl (C=O) groups excluding carboxylic acids is 3. The van der Waals surface area contributed by atoms with Crippen molar-refractivity contribution in [3.63, 3.8) is 0 Å². The topological polar surface area (TPSA) is 150 Å². The first-order chi connectivity index (χ1) is 21.1. The predicted octanol–water partition coefficient (Wildman–Crippen LogP) is 3.48. The van der Waals surface area contributed by atoms with Gasteiger partial charge in [-0.3, -0.25) is 19.8 Å². The van der Waals surface area contributed by atoms with Crippen molar-refractivity contribution in [1.82, 2.24) is 20.9 Å². The van der Waals surface area contributed by atoms with Crippen LogP contribution in [0.3, 0.4) is 0 Å². The zero-order valence-electron chi connectivity index (χ0n) is 26.6. The number of nitrogens with zero attached hydrogens (tertiary/aromatic N) is 1. The second-order valence-corrected chi connectivity index (χ2v) is 14.3. The molecule has 0 aromatic heterocycles. The minimum absolute atomic E-state index is 0.0617. The van der Waals surface area contributed by atoms with Crippen LogP contribution in [0.15, 0.2) is 24.3 Å². The van der Waals surface area contributed by atoms with Crippen LogP contribution in [0.2, 0.25) is 0 Å². The van der Waals surface area contributed by atoms with E-state index in [-0.39, 0.29) is 30.1 Å². The third kappa shape index (κ3) is 7.67. The Labute approximate surface area is 262 Å². The summed E-state index contributed by atoms with van der Waals surface area (Å²) < 4.78 is 5.28. The molecule has 6 N–H and O–H groups in total. The fourth-order valence-corrected chi connectivity index (χ4v) is 9.09. The van der Waals surface area contributed by atoms with Crippen LogP contribution in [-0.4, -0.2) is 66.9 Å². The maximum absolute atomic E-state index is 13.8. The van der Waals surface area contributed by atoms with Crippen molar-refractivity contribution in [2.75, 3.05) is 26.7 Å². The predicted molar refractivity (Wildman–Crippen MR) is 170 cm³/mol. The molecular formula is C34H52N6O4. The molecule has 5 aliphatic rings. The first-order valence-electron chi connectivity index (χ1n) is 16.7. The SMILES string of the molecule is COc1ccc(C[C@](C)(NC(=O)[C@@H]2CCCN2C(=O)CCCC23CC4CC(CC(C4)C2)C3)C(=O)NCCCNC(=N)N)cc1. The smallest absolute Gasteiger partial charge is 0.245 e. The van der Waals surface area contributed by atoms with Crippen LogP contribution >= 0.6 is 0 Å². The van der Waals surface area contributed by atoms with E-state index in [0.29, 0.717) is 50.1 Å². The van der Waals surface area contributed by atoms with Crippen LogP contribution in [0, 0.1) is 28.6 Å². The Morgan fingerprint density at radius 1 is 1.02 bits per heavy atom. The van der Waals surface area contributed by atoms with E-state index in [1.54, 1.807) is 18.9 Å². The largest absolute Gasteiger partial charge is 0.497 e. The maximum atomic E-state index is 13.8. The first-order valence-corrected chi connectivity index (χ1v) is 16.7. The number of carbonyl (C=O) groups is 3. The van der Waals surface area contributed by atoms with Crippen LogP contribution in [0.1, 0.15) is 89.5 Å². The van der Waals surface area contributed by atoms with Crippen LogP contribution in [0.25, 0.3) is 0 Å². The first kappa shape index (κ1) is 32.1. The molecule has 242 valence electrons. The monoisotopic (exact) mass is 608 g/mol.